The van der Waals surface area contributed by atoms with E-state index in [9.17, 15) is 0 Å². The van der Waals surface area contributed by atoms with E-state index in [0.717, 1.165) is 0 Å². The van der Waals surface area contributed by atoms with Gasteiger partial charge in [-0.15, -0.1) is 0 Å². The summed E-state index contributed by atoms with van der Waals surface area (Å²) in [6.07, 6.45) is 2.17. The van der Waals surface area contributed by atoms with Gasteiger partial charge in [-0.25, -0.2) is 0 Å². The minimum absolute atomic E-state index is 1.18. The van der Waals surface area contributed by atoms with Gasteiger partial charge in [-0.05, 0) is 36.4 Å². The summed E-state index contributed by atoms with van der Waals surface area (Å²) in [6, 6.07) is 36.6. The maximum absolute atomic E-state index is 2.40. The van der Waals surface area contributed by atoms with E-state index in [1.54, 1.807) is 0 Å². The molecule has 0 N–H and O–H groups in total. The van der Waals surface area contributed by atoms with Crippen molar-refractivity contribution in [1.29, 1.82) is 0 Å². The molecule has 0 amide bonds. The first-order valence-corrected chi connectivity index (χ1v) is 9.56. The van der Waals surface area contributed by atoms with Crippen LogP contribution in [0.4, 0.5) is 0 Å². The monoisotopic (exact) mass is 358 g/mol. The van der Waals surface area contributed by atoms with Gasteiger partial charge in [0.05, 0.1) is 16.6 Å². The molecule has 0 spiro atoms. The lowest BCUT2D eigenvalue weighted by Crippen LogP contribution is -1.97. The number of aromatic nitrogens is 2. The second kappa shape index (κ2) is 5.86. The molecule has 0 bridgehead atoms. The van der Waals surface area contributed by atoms with Crippen molar-refractivity contribution in [1.82, 2.24) is 9.13 Å². The van der Waals surface area contributed by atoms with Crippen LogP contribution in [0.5, 0.6) is 0 Å². The molecular formula is C26H18N2. The number of hydrogen-bond acceptors (Lipinski definition) is 0. The highest BCUT2D eigenvalue weighted by molar-refractivity contribution is 6.18. The molecule has 2 nitrogen and oxygen atoms in total. The largest absolute Gasteiger partial charge is 0.315 e. The number of hydrogen-bond donors (Lipinski definition) is 0. The molecule has 2 aromatic heterocycles. The van der Waals surface area contributed by atoms with Crippen molar-refractivity contribution in [2.75, 3.05) is 0 Å². The molecule has 0 aliphatic rings. The molecule has 0 atom stereocenters. The van der Waals surface area contributed by atoms with Gasteiger partial charge in [-0.3, -0.25) is 0 Å². The van der Waals surface area contributed by atoms with E-state index in [1.807, 2.05) is 0 Å². The van der Waals surface area contributed by atoms with Crippen molar-refractivity contribution < 1.29 is 0 Å². The molecule has 2 heteroatoms. The number of fused-ring (bicyclic) bond motifs is 5. The summed E-state index contributed by atoms with van der Waals surface area (Å²) in [6.45, 7) is 0. The molecule has 6 aromatic rings. The van der Waals surface area contributed by atoms with Crippen molar-refractivity contribution in [3.8, 4) is 11.4 Å². The average Bonchev–Trinajstić information content (AvgIpc) is 3.34. The van der Waals surface area contributed by atoms with Crippen LogP contribution in [0.2, 0.25) is 0 Å². The molecule has 0 aliphatic carbocycles. The second-order valence-corrected chi connectivity index (χ2v) is 7.11. The molecule has 0 fully saturated rings. The first-order chi connectivity index (χ1) is 13.9. The van der Waals surface area contributed by atoms with Gasteiger partial charge in [0.25, 0.3) is 0 Å². The minimum Gasteiger partial charge on any atom is -0.315 e. The summed E-state index contributed by atoms with van der Waals surface area (Å²) in [5.74, 6) is 0. The van der Waals surface area contributed by atoms with Crippen molar-refractivity contribution in [2.45, 2.75) is 0 Å². The van der Waals surface area contributed by atoms with E-state index in [1.165, 1.54) is 44.1 Å². The Hall–Kier alpha value is -3.78. The van der Waals surface area contributed by atoms with Gasteiger partial charge in [-0.2, -0.15) is 0 Å². The number of rotatable bonds is 2. The van der Waals surface area contributed by atoms with E-state index in [2.05, 4.69) is 118 Å². The predicted octanol–water partition coefficient (Wildman–Crippen LogP) is 6.73. The lowest BCUT2D eigenvalue weighted by Gasteiger charge is -2.11. The molecule has 132 valence electrons. The third kappa shape index (κ3) is 2.09. The molecule has 2 heterocycles. The summed E-state index contributed by atoms with van der Waals surface area (Å²) in [7, 11) is 0. The summed E-state index contributed by atoms with van der Waals surface area (Å²) >= 11 is 0. The fraction of sp³-hybridized carbons (Fsp3) is 0. The predicted molar refractivity (Wildman–Crippen MR) is 118 cm³/mol. The van der Waals surface area contributed by atoms with Crippen molar-refractivity contribution in [3.63, 3.8) is 0 Å². The van der Waals surface area contributed by atoms with Crippen molar-refractivity contribution >= 4 is 32.7 Å². The van der Waals surface area contributed by atoms with Crippen LogP contribution in [0.15, 0.2) is 109 Å². The zero-order valence-corrected chi connectivity index (χ0v) is 15.3. The normalized spacial score (nSPS) is 11.6. The molecule has 0 saturated carbocycles. The highest BCUT2D eigenvalue weighted by atomic mass is 15.0. The zero-order valence-electron chi connectivity index (χ0n) is 15.3. The molecule has 28 heavy (non-hydrogen) atoms. The van der Waals surface area contributed by atoms with E-state index < -0.39 is 0 Å². The smallest absolute Gasteiger partial charge is 0.0788 e. The Labute approximate surface area is 162 Å². The Morgan fingerprint density at radius 2 is 1.14 bits per heavy atom. The third-order valence-electron chi connectivity index (χ3n) is 5.53. The number of para-hydroxylation sites is 3. The molecule has 0 radical (unpaired) electrons. The van der Waals surface area contributed by atoms with E-state index in [4.69, 9.17) is 0 Å². The van der Waals surface area contributed by atoms with E-state index in [-0.39, 0.29) is 0 Å². The van der Waals surface area contributed by atoms with Crippen LogP contribution >= 0.6 is 0 Å². The fourth-order valence-electron chi connectivity index (χ4n) is 4.32. The van der Waals surface area contributed by atoms with Gasteiger partial charge in [-0.1, -0.05) is 66.7 Å². The molecule has 0 unspecified atom stereocenters. The first-order valence-electron chi connectivity index (χ1n) is 9.56. The second-order valence-electron chi connectivity index (χ2n) is 7.11. The van der Waals surface area contributed by atoms with Crippen molar-refractivity contribution in [2.24, 2.45) is 0 Å². The Morgan fingerprint density at radius 3 is 1.93 bits per heavy atom. The quantitative estimate of drug-likeness (QED) is 0.325. The van der Waals surface area contributed by atoms with Gasteiger partial charge in [0.1, 0.15) is 0 Å². The molecule has 0 saturated heterocycles. The minimum atomic E-state index is 1.18. The van der Waals surface area contributed by atoms with Crippen LogP contribution in [0.3, 0.4) is 0 Å². The summed E-state index contributed by atoms with van der Waals surface area (Å²) < 4.78 is 4.70. The standard InChI is InChI=1S/C26H18N2/c1-3-9-20(10-4-1)27-18-17-19-15-16-23-22-13-7-8-14-24(22)28(26(23)25(19)27)21-11-5-2-6-12-21/h1-18H. The Balaban J connectivity index is 1.86. The maximum Gasteiger partial charge on any atom is 0.0788 e. The molecule has 6 rings (SSSR count). The topological polar surface area (TPSA) is 9.86 Å². The van der Waals surface area contributed by atoms with Crippen molar-refractivity contribution in [3.05, 3.63) is 109 Å². The number of nitrogens with zero attached hydrogens (tertiary/aromatic N) is 2. The van der Waals surface area contributed by atoms with Crippen LogP contribution < -0.4 is 0 Å². The highest BCUT2D eigenvalue weighted by Gasteiger charge is 2.17. The molecular weight excluding hydrogens is 340 g/mol. The maximum atomic E-state index is 2.40. The summed E-state index contributed by atoms with van der Waals surface area (Å²) in [4.78, 5) is 0. The molecule has 4 aromatic carbocycles. The zero-order chi connectivity index (χ0) is 18.5. The Morgan fingerprint density at radius 1 is 0.464 bits per heavy atom. The SMILES string of the molecule is c1ccc(-n2ccc3ccc4c5ccccc5n(-c5ccccc5)c4c32)cc1. The van der Waals surface area contributed by atoms with Crippen LogP contribution in [-0.2, 0) is 0 Å². The Kier molecular flexibility index (Phi) is 3.20. The van der Waals surface area contributed by atoms with Crippen LogP contribution in [0, 0.1) is 0 Å². The van der Waals surface area contributed by atoms with E-state index >= 15 is 0 Å². The van der Waals surface area contributed by atoms with E-state index in [0.29, 0.717) is 0 Å². The summed E-state index contributed by atoms with van der Waals surface area (Å²) in [5.41, 5.74) is 6.08. The lowest BCUT2D eigenvalue weighted by molar-refractivity contribution is 1.12. The first kappa shape index (κ1) is 15.3. The van der Waals surface area contributed by atoms with Gasteiger partial charge >= 0.3 is 0 Å². The van der Waals surface area contributed by atoms with Gasteiger partial charge in [0.2, 0.25) is 0 Å². The third-order valence-corrected chi connectivity index (χ3v) is 5.53. The average molecular weight is 358 g/mol. The van der Waals surface area contributed by atoms with Gasteiger partial charge in [0, 0.05) is 33.7 Å². The van der Waals surface area contributed by atoms with Crippen LogP contribution in [-0.4, -0.2) is 9.13 Å². The van der Waals surface area contributed by atoms with Crippen LogP contribution in [0.1, 0.15) is 0 Å². The lowest BCUT2D eigenvalue weighted by atomic mass is 10.1. The van der Waals surface area contributed by atoms with Crippen LogP contribution in [0.25, 0.3) is 44.1 Å². The fourth-order valence-corrected chi connectivity index (χ4v) is 4.32. The number of benzene rings is 4. The molecule has 0 aliphatic heterocycles. The summed E-state index contributed by atoms with van der Waals surface area (Å²) in [5, 5.41) is 3.81. The van der Waals surface area contributed by atoms with Gasteiger partial charge < -0.3 is 9.13 Å². The van der Waals surface area contributed by atoms with Gasteiger partial charge in [0.15, 0.2) is 0 Å². The highest BCUT2D eigenvalue weighted by Crippen LogP contribution is 2.37. The Bertz CT molecular complexity index is 1440.